The smallest absolute Gasteiger partial charge is 0.210 e. The lowest BCUT2D eigenvalue weighted by Gasteiger charge is -1.92. The number of rotatable bonds is 0. The molecular weight excluding hydrogens is 187 g/mol. The van der Waals surface area contributed by atoms with Crippen LogP contribution in [0.3, 0.4) is 0 Å². The van der Waals surface area contributed by atoms with Crippen LogP contribution >= 0.6 is 15.9 Å². The average Bonchev–Trinajstić information content (AvgIpc) is 1.80. The maximum Gasteiger partial charge on any atom is 0.308 e. The van der Waals surface area contributed by atoms with E-state index in [9.17, 15) is 4.39 Å². The van der Waals surface area contributed by atoms with Gasteiger partial charge in [0.1, 0.15) is 0 Å². The highest BCUT2D eigenvalue weighted by Gasteiger charge is 1.96. The summed E-state index contributed by atoms with van der Waals surface area (Å²) in [7, 11) is 0. The fraction of sp³-hybridized carbons (Fsp3) is 0.200. The van der Waals surface area contributed by atoms with Gasteiger partial charge in [-0.25, -0.2) is 9.97 Å². The standard InChI is InChI=1S/C5H4BrFN2/c1-3-4(6)2-8-5(7)9-3/h2H,1H3. The van der Waals surface area contributed by atoms with Crippen LogP contribution in [0, 0.1) is 13.0 Å². The molecule has 0 aromatic carbocycles. The monoisotopic (exact) mass is 190 g/mol. The summed E-state index contributed by atoms with van der Waals surface area (Å²) in [6, 6.07) is 0. The Labute approximate surface area is 60.3 Å². The van der Waals surface area contributed by atoms with Crippen LogP contribution in [0.15, 0.2) is 10.7 Å². The second kappa shape index (κ2) is 2.39. The summed E-state index contributed by atoms with van der Waals surface area (Å²) in [5.41, 5.74) is 0.613. The Bertz CT molecular complexity index is 226. The fourth-order valence-corrected chi connectivity index (χ4v) is 0.615. The van der Waals surface area contributed by atoms with Gasteiger partial charge in [0.05, 0.1) is 10.2 Å². The van der Waals surface area contributed by atoms with Crippen LogP contribution < -0.4 is 0 Å². The van der Waals surface area contributed by atoms with Crippen molar-refractivity contribution >= 4 is 15.9 Å². The van der Waals surface area contributed by atoms with Crippen LogP contribution in [0.1, 0.15) is 5.69 Å². The number of aryl methyl sites for hydroxylation is 1. The van der Waals surface area contributed by atoms with Gasteiger partial charge in [-0.1, -0.05) is 0 Å². The van der Waals surface area contributed by atoms with Crippen molar-refractivity contribution in [2.75, 3.05) is 0 Å². The van der Waals surface area contributed by atoms with Crippen molar-refractivity contribution in [3.63, 3.8) is 0 Å². The van der Waals surface area contributed by atoms with Gasteiger partial charge in [-0.2, -0.15) is 4.39 Å². The molecule has 1 aromatic heterocycles. The normalized spacial score (nSPS) is 9.67. The lowest BCUT2D eigenvalue weighted by molar-refractivity contribution is 0.534. The number of hydrogen-bond donors (Lipinski definition) is 0. The summed E-state index contributed by atoms with van der Waals surface area (Å²) in [6.45, 7) is 1.70. The van der Waals surface area contributed by atoms with Crippen LogP contribution in [0.25, 0.3) is 0 Å². The molecule has 0 aliphatic heterocycles. The number of halogens is 2. The van der Waals surface area contributed by atoms with Crippen LogP contribution in [-0.4, -0.2) is 9.97 Å². The van der Waals surface area contributed by atoms with Gasteiger partial charge < -0.3 is 0 Å². The van der Waals surface area contributed by atoms with E-state index in [-0.39, 0.29) is 0 Å². The molecule has 1 heterocycles. The summed E-state index contributed by atoms with van der Waals surface area (Å²) in [6.07, 6.45) is 0.702. The van der Waals surface area contributed by atoms with Crippen molar-refractivity contribution in [3.8, 4) is 0 Å². The molecule has 1 aromatic rings. The highest BCUT2D eigenvalue weighted by Crippen LogP contribution is 2.10. The van der Waals surface area contributed by atoms with Crippen molar-refractivity contribution < 1.29 is 4.39 Å². The molecule has 0 unspecified atom stereocenters. The molecule has 0 aliphatic rings. The van der Waals surface area contributed by atoms with Crippen molar-refractivity contribution in [2.24, 2.45) is 0 Å². The molecule has 0 fully saturated rings. The predicted molar refractivity (Wildman–Crippen MR) is 34.4 cm³/mol. The second-order valence-electron chi connectivity index (χ2n) is 1.57. The van der Waals surface area contributed by atoms with Gasteiger partial charge in [0, 0.05) is 6.20 Å². The number of aromatic nitrogens is 2. The molecular formula is C5H4BrFN2. The van der Waals surface area contributed by atoms with E-state index in [1.54, 1.807) is 6.92 Å². The van der Waals surface area contributed by atoms with E-state index in [0.717, 1.165) is 4.47 Å². The average molecular weight is 191 g/mol. The largest absolute Gasteiger partial charge is 0.308 e. The Balaban J connectivity index is 3.17. The van der Waals surface area contributed by atoms with Crippen molar-refractivity contribution in [2.45, 2.75) is 6.92 Å². The molecule has 0 saturated carbocycles. The lowest BCUT2D eigenvalue weighted by Crippen LogP contribution is -1.90. The second-order valence-corrected chi connectivity index (χ2v) is 2.43. The highest BCUT2D eigenvalue weighted by atomic mass is 79.9. The molecule has 0 radical (unpaired) electrons. The van der Waals surface area contributed by atoms with Crippen molar-refractivity contribution in [3.05, 3.63) is 22.4 Å². The Kier molecular flexibility index (Phi) is 1.75. The molecule has 4 heteroatoms. The Morgan fingerprint density at radius 2 is 2.33 bits per heavy atom. The summed E-state index contributed by atoms with van der Waals surface area (Å²) >= 11 is 3.14. The minimum Gasteiger partial charge on any atom is -0.210 e. The van der Waals surface area contributed by atoms with E-state index in [0.29, 0.717) is 5.69 Å². The SMILES string of the molecule is Cc1nc(F)ncc1Br. The van der Waals surface area contributed by atoms with Gasteiger partial charge in [0.25, 0.3) is 0 Å². The van der Waals surface area contributed by atoms with E-state index >= 15 is 0 Å². The van der Waals surface area contributed by atoms with E-state index in [1.165, 1.54) is 6.20 Å². The lowest BCUT2D eigenvalue weighted by atomic mass is 10.5. The molecule has 0 bridgehead atoms. The molecule has 9 heavy (non-hydrogen) atoms. The van der Waals surface area contributed by atoms with Crippen LogP contribution in [0.5, 0.6) is 0 Å². The van der Waals surface area contributed by atoms with E-state index in [2.05, 4.69) is 25.9 Å². The zero-order chi connectivity index (χ0) is 6.85. The molecule has 0 N–H and O–H groups in total. The highest BCUT2D eigenvalue weighted by molar-refractivity contribution is 9.10. The fourth-order valence-electron chi connectivity index (χ4n) is 0.424. The quantitative estimate of drug-likeness (QED) is 0.583. The zero-order valence-electron chi connectivity index (χ0n) is 4.73. The molecule has 0 spiro atoms. The third-order valence-electron chi connectivity index (χ3n) is 0.890. The summed E-state index contributed by atoms with van der Waals surface area (Å²) < 4.78 is 12.8. The maximum atomic E-state index is 12.1. The topological polar surface area (TPSA) is 25.8 Å². The van der Waals surface area contributed by atoms with Gasteiger partial charge in [0.2, 0.25) is 0 Å². The third kappa shape index (κ3) is 1.45. The zero-order valence-corrected chi connectivity index (χ0v) is 6.31. The van der Waals surface area contributed by atoms with Crippen molar-refractivity contribution in [1.82, 2.24) is 9.97 Å². The first-order chi connectivity index (χ1) is 4.20. The summed E-state index contributed by atoms with van der Waals surface area (Å²) in [4.78, 5) is 6.76. The predicted octanol–water partition coefficient (Wildman–Crippen LogP) is 1.69. The van der Waals surface area contributed by atoms with Crippen LogP contribution in [0.2, 0.25) is 0 Å². The summed E-state index contributed by atoms with van der Waals surface area (Å²) in [5.74, 6) is 0. The Morgan fingerprint density at radius 1 is 1.67 bits per heavy atom. The van der Waals surface area contributed by atoms with Gasteiger partial charge in [-0.05, 0) is 22.9 Å². The van der Waals surface area contributed by atoms with Crippen LogP contribution in [-0.2, 0) is 0 Å². The molecule has 0 amide bonds. The van der Waals surface area contributed by atoms with Crippen LogP contribution in [0.4, 0.5) is 4.39 Å². The minimum absolute atomic E-state index is 0.613. The third-order valence-corrected chi connectivity index (χ3v) is 1.67. The van der Waals surface area contributed by atoms with Gasteiger partial charge >= 0.3 is 6.08 Å². The van der Waals surface area contributed by atoms with E-state index < -0.39 is 6.08 Å². The molecule has 48 valence electrons. The number of hydrogen-bond acceptors (Lipinski definition) is 2. The molecule has 0 aliphatic carbocycles. The first kappa shape index (κ1) is 6.61. The van der Waals surface area contributed by atoms with Crippen molar-refractivity contribution in [1.29, 1.82) is 0 Å². The van der Waals surface area contributed by atoms with E-state index in [1.807, 2.05) is 0 Å². The first-order valence-electron chi connectivity index (χ1n) is 2.35. The minimum atomic E-state index is -0.685. The maximum absolute atomic E-state index is 12.1. The molecule has 0 saturated heterocycles. The summed E-state index contributed by atoms with van der Waals surface area (Å²) in [5, 5.41) is 0. The van der Waals surface area contributed by atoms with Gasteiger partial charge in [-0.15, -0.1) is 0 Å². The Morgan fingerprint density at radius 3 is 2.78 bits per heavy atom. The van der Waals surface area contributed by atoms with Gasteiger partial charge in [0.15, 0.2) is 0 Å². The van der Waals surface area contributed by atoms with E-state index in [4.69, 9.17) is 0 Å². The first-order valence-corrected chi connectivity index (χ1v) is 3.14. The Hall–Kier alpha value is -0.510. The number of nitrogens with zero attached hydrogens (tertiary/aromatic N) is 2. The molecule has 1 rings (SSSR count). The molecule has 0 atom stereocenters. The molecule has 2 nitrogen and oxygen atoms in total. The van der Waals surface area contributed by atoms with Gasteiger partial charge in [-0.3, -0.25) is 0 Å².